The molecule has 0 unspecified atom stereocenters. The Morgan fingerprint density at radius 3 is 1.54 bits per heavy atom. The maximum atomic E-state index is 2.35. The predicted octanol–water partition coefficient (Wildman–Crippen LogP) is 4.72. The van der Waals surface area contributed by atoms with Crippen LogP contribution in [0.5, 0.6) is 0 Å². The van der Waals surface area contributed by atoms with E-state index in [4.69, 9.17) is 0 Å². The van der Waals surface area contributed by atoms with Crippen LogP contribution in [0.25, 0.3) is 5.57 Å². The Balaban J connectivity index is 0.00000121. The van der Waals surface area contributed by atoms with Crippen LogP contribution in [-0.4, -0.2) is 37.7 Å². The Bertz CT molecular complexity index is 826. The average Bonchev–Trinajstić information content (AvgIpc) is 2.70. The van der Waals surface area contributed by atoms with E-state index in [0.29, 0.717) is 0 Å². The summed E-state index contributed by atoms with van der Waals surface area (Å²) in [4.78, 5) is 0. The van der Waals surface area contributed by atoms with Crippen LogP contribution in [0.3, 0.4) is 0 Å². The van der Waals surface area contributed by atoms with Crippen molar-refractivity contribution in [1.82, 2.24) is 0 Å². The summed E-state index contributed by atoms with van der Waals surface area (Å²) in [5, 5.41) is 0. The number of benzene rings is 3. The van der Waals surface area contributed by atoms with Gasteiger partial charge in [0, 0.05) is 5.41 Å². The first-order chi connectivity index (χ1) is 11.9. The summed E-state index contributed by atoms with van der Waals surface area (Å²) in [5.41, 5.74) is 5.26. The summed E-state index contributed by atoms with van der Waals surface area (Å²) in [6.07, 6.45) is 7.79. The molecule has 2 heteroatoms. The van der Waals surface area contributed by atoms with E-state index in [-0.39, 0.29) is 43.1 Å². The van der Waals surface area contributed by atoms with Crippen LogP contribution in [0, 0.1) is 0 Å². The fraction of sp³-hybridized carbons (Fsp3) is 0.0833. The van der Waals surface area contributed by atoms with Crippen LogP contribution >= 0.6 is 0 Å². The van der Waals surface area contributed by atoms with Crippen molar-refractivity contribution in [2.24, 2.45) is 0 Å². The Labute approximate surface area is 180 Å². The molecule has 1 aliphatic rings. The van der Waals surface area contributed by atoms with Gasteiger partial charge in [-0.25, -0.2) is 0 Å². The van der Waals surface area contributed by atoms with E-state index in [9.17, 15) is 0 Å². The van der Waals surface area contributed by atoms with Gasteiger partial charge in [0.25, 0.3) is 0 Å². The molecular weight excluding hydrogens is 302 g/mol. The molecule has 0 heterocycles. The van der Waals surface area contributed by atoms with E-state index < -0.39 is 0 Å². The quantitative estimate of drug-likeness (QED) is 0.612. The molecule has 0 saturated heterocycles. The number of rotatable bonds is 3. The van der Waals surface area contributed by atoms with Gasteiger partial charge >= 0.3 is 37.7 Å². The molecule has 0 bridgehead atoms. The Morgan fingerprint density at radius 1 is 0.577 bits per heavy atom. The molecule has 120 valence electrons. The molecule has 0 aliphatic heterocycles. The fourth-order valence-corrected chi connectivity index (χ4v) is 3.63. The first-order valence-electron chi connectivity index (χ1n) is 8.43. The molecule has 0 N–H and O–H groups in total. The van der Waals surface area contributed by atoms with Gasteiger partial charge in [0.05, 0.1) is 0 Å². The molecule has 1 aliphatic carbocycles. The summed E-state index contributed by atoms with van der Waals surface area (Å²) < 4.78 is 0. The standard InChI is InChI=1S/C24H20.2Li.2H/c1-4-11-20(12-5-1)21-13-10-18-24(19-21,22-14-6-2-7-15-22)23-16-8-3-9-17-23;;;;/h1-18H,19H2;;;;. The third kappa shape index (κ3) is 4.01. The van der Waals surface area contributed by atoms with Gasteiger partial charge in [0.2, 0.25) is 0 Å². The zero-order valence-corrected chi connectivity index (χ0v) is 13.6. The van der Waals surface area contributed by atoms with Crippen molar-refractivity contribution in [2.75, 3.05) is 0 Å². The van der Waals surface area contributed by atoms with Crippen LogP contribution < -0.4 is 0 Å². The van der Waals surface area contributed by atoms with Crippen molar-refractivity contribution in [3.63, 3.8) is 0 Å². The van der Waals surface area contributed by atoms with Gasteiger partial charge in [0.1, 0.15) is 0 Å². The summed E-state index contributed by atoms with van der Waals surface area (Å²) in [6, 6.07) is 32.4. The van der Waals surface area contributed by atoms with Crippen molar-refractivity contribution in [1.29, 1.82) is 0 Å². The SMILES string of the molecule is C1=CC(c2ccccc2)(c2ccccc2)CC(c2ccccc2)=C1.[LiH].[LiH]. The summed E-state index contributed by atoms with van der Waals surface area (Å²) >= 11 is 0. The molecule has 0 amide bonds. The third-order valence-corrected chi connectivity index (χ3v) is 4.87. The second-order valence-electron chi connectivity index (χ2n) is 6.30. The molecule has 0 atom stereocenters. The van der Waals surface area contributed by atoms with E-state index in [0.717, 1.165) is 6.42 Å². The normalized spacial score (nSPS) is 14.5. The Kier molecular flexibility index (Phi) is 7.40. The van der Waals surface area contributed by atoms with E-state index in [1.807, 2.05) is 0 Å². The van der Waals surface area contributed by atoms with Crippen molar-refractivity contribution in [3.05, 3.63) is 126 Å². The van der Waals surface area contributed by atoms with Crippen LogP contribution in [0.4, 0.5) is 0 Å². The van der Waals surface area contributed by atoms with Crippen molar-refractivity contribution in [3.8, 4) is 0 Å². The van der Waals surface area contributed by atoms with Gasteiger partial charge in [-0.2, -0.15) is 0 Å². The van der Waals surface area contributed by atoms with Gasteiger partial charge in [-0.05, 0) is 28.7 Å². The second-order valence-corrected chi connectivity index (χ2v) is 6.30. The summed E-state index contributed by atoms with van der Waals surface area (Å²) in [7, 11) is 0. The third-order valence-electron chi connectivity index (χ3n) is 4.87. The molecule has 0 fully saturated rings. The molecule has 0 saturated carbocycles. The van der Waals surface area contributed by atoms with Gasteiger partial charge < -0.3 is 0 Å². The first kappa shape index (κ1) is 20.6. The topological polar surface area (TPSA) is 0 Å². The zero-order chi connectivity index (χ0) is 16.2. The van der Waals surface area contributed by atoms with Crippen LogP contribution in [-0.2, 0) is 5.41 Å². The van der Waals surface area contributed by atoms with Gasteiger partial charge in [-0.1, -0.05) is 109 Å². The molecule has 0 spiro atoms. The molecule has 26 heavy (non-hydrogen) atoms. The van der Waals surface area contributed by atoms with E-state index in [2.05, 4.69) is 109 Å². The molecule has 4 rings (SSSR count). The van der Waals surface area contributed by atoms with E-state index in [1.54, 1.807) is 0 Å². The monoisotopic (exact) mass is 324 g/mol. The predicted molar refractivity (Wildman–Crippen MR) is 116 cm³/mol. The summed E-state index contributed by atoms with van der Waals surface area (Å²) in [6.45, 7) is 0. The molecular formula is C24H22Li2. The maximum absolute atomic E-state index is 2.35. The van der Waals surface area contributed by atoms with Gasteiger partial charge in [-0.3, -0.25) is 0 Å². The second kappa shape index (κ2) is 9.32. The minimum absolute atomic E-state index is 0. The van der Waals surface area contributed by atoms with Crippen LogP contribution in [0.2, 0.25) is 0 Å². The zero-order valence-electron chi connectivity index (χ0n) is 13.6. The fourth-order valence-electron chi connectivity index (χ4n) is 3.63. The number of allylic oxidation sites excluding steroid dienone is 4. The van der Waals surface area contributed by atoms with E-state index >= 15 is 0 Å². The number of hydrogen-bond donors (Lipinski definition) is 0. The summed E-state index contributed by atoms with van der Waals surface area (Å²) in [5.74, 6) is 0. The molecule has 3 aromatic carbocycles. The molecule has 0 radical (unpaired) electrons. The van der Waals surface area contributed by atoms with E-state index in [1.165, 1.54) is 22.3 Å². The van der Waals surface area contributed by atoms with Gasteiger partial charge in [-0.15, -0.1) is 0 Å². The van der Waals surface area contributed by atoms with Crippen molar-refractivity contribution in [2.45, 2.75) is 11.8 Å². The first-order valence-corrected chi connectivity index (χ1v) is 8.43. The van der Waals surface area contributed by atoms with Gasteiger partial charge in [0.15, 0.2) is 0 Å². The molecule has 0 nitrogen and oxygen atoms in total. The van der Waals surface area contributed by atoms with Crippen LogP contribution in [0.1, 0.15) is 23.1 Å². The molecule has 3 aromatic rings. The van der Waals surface area contributed by atoms with Crippen molar-refractivity contribution >= 4 is 43.3 Å². The van der Waals surface area contributed by atoms with Crippen LogP contribution in [0.15, 0.2) is 109 Å². The number of hydrogen-bond acceptors (Lipinski definition) is 0. The molecule has 0 aromatic heterocycles. The minimum atomic E-state index is -0.109. The Morgan fingerprint density at radius 2 is 1.04 bits per heavy atom. The average molecular weight is 324 g/mol. The Hall–Kier alpha value is -1.67. The van der Waals surface area contributed by atoms with Crippen molar-refractivity contribution < 1.29 is 0 Å².